The summed E-state index contributed by atoms with van der Waals surface area (Å²) in [5.74, 6) is 2.33. The van der Waals surface area contributed by atoms with Gasteiger partial charge in [0, 0.05) is 5.94 Å². The molecule has 0 radical (unpaired) electrons. The fraction of sp³-hybridized carbons (Fsp3) is 1.00. The topological polar surface area (TPSA) is 44.5 Å². The van der Waals surface area contributed by atoms with Crippen molar-refractivity contribution in [3.8, 4) is 0 Å². The third-order valence-electron chi connectivity index (χ3n) is 7.15. The van der Waals surface area contributed by atoms with Crippen LogP contribution < -0.4 is 5.73 Å². The summed E-state index contributed by atoms with van der Waals surface area (Å²) in [6.07, 6.45) is 7.89. The van der Waals surface area contributed by atoms with Gasteiger partial charge in [-0.25, -0.2) is 0 Å². The van der Waals surface area contributed by atoms with Crippen molar-refractivity contribution in [2.75, 3.05) is 0 Å². The lowest BCUT2D eigenvalue weighted by molar-refractivity contribution is -0.199. The molecule has 0 amide bonds. The average Bonchev–Trinajstić information content (AvgIpc) is 2.70. The van der Waals surface area contributed by atoms with Crippen molar-refractivity contribution in [2.24, 2.45) is 28.9 Å². The second kappa shape index (κ2) is 4.24. The van der Waals surface area contributed by atoms with E-state index in [-0.39, 0.29) is 24.8 Å². The summed E-state index contributed by atoms with van der Waals surface area (Å²) < 4.78 is 12.7. The zero-order valence-corrected chi connectivity index (χ0v) is 13.1. The second-order valence-corrected chi connectivity index (χ2v) is 8.53. The molecule has 1 saturated heterocycles. The molecule has 5 atom stereocenters. The molecule has 1 aliphatic heterocycles. The normalized spacial score (nSPS) is 47.4. The van der Waals surface area contributed by atoms with Crippen LogP contribution in [-0.2, 0) is 9.31 Å². The summed E-state index contributed by atoms with van der Waals surface area (Å²) in [5, 5.41) is 0. The molecule has 2 bridgehead atoms. The van der Waals surface area contributed by atoms with Crippen molar-refractivity contribution < 1.29 is 9.31 Å². The van der Waals surface area contributed by atoms with Crippen LogP contribution in [0.25, 0.3) is 0 Å². The minimum atomic E-state index is -0.166. The molecule has 5 aliphatic rings. The molecule has 3 nitrogen and oxygen atoms in total. The van der Waals surface area contributed by atoms with Crippen LogP contribution in [-0.4, -0.2) is 24.8 Å². The largest absolute Gasteiger partial charge is 0.475 e. The molecule has 0 aromatic rings. The first kappa shape index (κ1) is 13.6. The first-order valence-corrected chi connectivity index (χ1v) is 8.50. The number of hydrogen-bond acceptors (Lipinski definition) is 3. The van der Waals surface area contributed by atoms with Crippen LogP contribution in [0.3, 0.4) is 0 Å². The van der Waals surface area contributed by atoms with Gasteiger partial charge in [-0.3, -0.25) is 0 Å². The van der Waals surface area contributed by atoms with E-state index in [0.717, 1.165) is 24.7 Å². The second-order valence-electron chi connectivity index (χ2n) is 8.53. The van der Waals surface area contributed by atoms with Gasteiger partial charge >= 0.3 is 7.12 Å². The van der Waals surface area contributed by atoms with Gasteiger partial charge in [-0.2, -0.15) is 0 Å². The average molecular weight is 277 g/mol. The molecule has 4 aliphatic carbocycles. The lowest BCUT2D eigenvalue weighted by Crippen LogP contribution is -2.65. The Bertz CT molecular complexity index is 411. The SMILES string of the molecule is CC1(C)C2CC3OB([C@@H](N)CC4CCC4)O[C@@]3(C)C1C2. The Morgan fingerprint density at radius 3 is 2.60 bits per heavy atom. The van der Waals surface area contributed by atoms with Crippen molar-refractivity contribution in [3.63, 3.8) is 0 Å². The number of hydrogen-bond donors (Lipinski definition) is 1. The molecule has 20 heavy (non-hydrogen) atoms. The van der Waals surface area contributed by atoms with E-state index in [1.165, 1.54) is 25.7 Å². The summed E-state index contributed by atoms with van der Waals surface area (Å²) in [6.45, 7) is 7.08. The summed E-state index contributed by atoms with van der Waals surface area (Å²) in [6, 6.07) is 0. The highest BCUT2D eigenvalue weighted by molar-refractivity contribution is 6.47. The van der Waals surface area contributed by atoms with E-state index >= 15 is 0 Å². The molecular formula is C16H28BNO2. The van der Waals surface area contributed by atoms with Crippen molar-refractivity contribution >= 4 is 7.12 Å². The molecule has 3 unspecified atom stereocenters. The molecule has 2 N–H and O–H groups in total. The third-order valence-corrected chi connectivity index (χ3v) is 7.15. The van der Waals surface area contributed by atoms with E-state index < -0.39 is 0 Å². The monoisotopic (exact) mass is 277 g/mol. The van der Waals surface area contributed by atoms with E-state index in [1.54, 1.807) is 0 Å². The standard InChI is InChI=1S/C16H28BNO2/c1-15(2)11-8-12(15)16(3)13(9-11)19-17(20-16)14(18)7-10-5-4-6-10/h10-14H,4-9,18H2,1-3H3/t11?,12?,13?,14-,16-/m0/s1. The van der Waals surface area contributed by atoms with E-state index in [0.29, 0.717) is 11.3 Å². The quantitative estimate of drug-likeness (QED) is 0.807. The molecule has 0 aromatic heterocycles. The minimum Gasteiger partial charge on any atom is -0.404 e. The Kier molecular flexibility index (Phi) is 2.88. The Labute approximate surface area is 123 Å². The molecular weight excluding hydrogens is 249 g/mol. The summed E-state index contributed by atoms with van der Waals surface area (Å²) in [7, 11) is -0.166. The van der Waals surface area contributed by atoms with Crippen LogP contribution in [0.2, 0.25) is 0 Å². The van der Waals surface area contributed by atoms with E-state index in [1.807, 2.05) is 0 Å². The summed E-state index contributed by atoms with van der Waals surface area (Å²) in [5.41, 5.74) is 6.70. The first-order valence-electron chi connectivity index (χ1n) is 8.50. The Hall–Kier alpha value is -0.0551. The van der Waals surface area contributed by atoms with Crippen LogP contribution in [0, 0.1) is 23.2 Å². The zero-order chi connectivity index (χ0) is 14.1. The zero-order valence-electron chi connectivity index (χ0n) is 13.1. The Morgan fingerprint density at radius 1 is 1.25 bits per heavy atom. The van der Waals surface area contributed by atoms with Crippen LogP contribution >= 0.6 is 0 Å². The Morgan fingerprint density at radius 2 is 2.00 bits per heavy atom. The van der Waals surface area contributed by atoms with Crippen molar-refractivity contribution in [3.05, 3.63) is 0 Å². The summed E-state index contributed by atoms with van der Waals surface area (Å²) >= 11 is 0. The Balaban J connectivity index is 1.46. The van der Waals surface area contributed by atoms with E-state index in [9.17, 15) is 0 Å². The van der Waals surface area contributed by atoms with E-state index in [2.05, 4.69) is 20.8 Å². The van der Waals surface area contributed by atoms with Crippen molar-refractivity contribution in [2.45, 2.75) is 76.9 Å². The minimum absolute atomic E-state index is 0.0584. The lowest BCUT2D eigenvalue weighted by atomic mass is 9.43. The number of nitrogens with two attached hydrogens (primary N) is 1. The lowest BCUT2D eigenvalue weighted by Gasteiger charge is -2.64. The first-order chi connectivity index (χ1) is 9.41. The van der Waals surface area contributed by atoms with Gasteiger partial charge in [0.1, 0.15) is 0 Å². The molecule has 5 fully saturated rings. The van der Waals surface area contributed by atoms with Crippen molar-refractivity contribution in [1.82, 2.24) is 0 Å². The maximum Gasteiger partial charge on any atom is 0.475 e. The third kappa shape index (κ3) is 1.71. The molecule has 4 saturated carbocycles. The molecule has 112 valence electrons. The van der Waals surface area contributed by atoms with Crippen LogP contribution in [0.4, 0.5) is 0 Å². The molecule has 1 heterocycles. The highest BCUT2D eigenvalue weighted by Gasteiger charge is 2.68. The van der Waals surface area contributed by atoms with Gasteiger partial charge in [0.05, 0.1) is 11.7 Å². The van der Waals surface area contributed by atoms with Gasteiger partial charge in [0.2, 0.25) is 0 Å². The van der Waals surface area contributed by atoms with Gasteiger partial charge in [-0.1, -0.05) is 33.1 Å². The maximum atomic E-state index is 6.42. The molecule has 0 spiro atoms. The number of rotatable bonds is 3. The van der Waals surface area contributed by atoms with Gasteiger partial charge in [0.15, 0.2) is 0 Å². The maximum absolute atomic E-state index is 6.42. The smallest absolute Gasteiger partial charge is 0.404 e. The predicted octanol–water partition coefficient (Wildman–Crippen LogP) is 2.77. The van der Waals surface area contributed by atoms with Crippen molar-refractivity contribution in [1.29, 1.82) is 0 Å². The van der Waals surface area contributed by atoms with Gasteiger partial charge in [-0.15, -0.1) is 0 Å². The van der Waals surface area contributed by atoms with Gasteiger partial charge in [0.25, 0.3) is 0 Å². The molecule has 0 aromatic carbocycles. The summed E-state index contributed by atoms with van der Waals surface area (Å²) in [4.78, 5) is 0. The van der Waals surface area contributed by atoms with Crippen LogP contribution in [0.5, 0.6) is 0 Å². The van der Waals surface area contributed by atoms with Crippen LogP contribution in [0.15, 0.2) is 0 Å². The van der Waals surface area contributed by atoms with E-state index in [4.69, 9.17) is 15.0 Å². The van der Waals surface area contributed by atoms with Gasteiger partial charge in [-0.05, 0) is 49.4 Å². The fourth-order valence-corrected chi connectivity index (χ4v) is 5.31. The molecule has 5 rings (SSSR count). The molecule has 4 heteroatoms. The predicted molar refractivity (Wildman–Crippen MR) is 80.0 cm³/mol. The highest BCUT2D eigenvalue weighted by atomic mass is 16.7. The van der Waals surface area contributed by atoms with Gasteiger partial charge < -0.3 is 15.0 Å². The fourth-order valence-electron chi connectivity index (χ4n) is 5.31. The highest BCUT2D eigenvalue weighted by Crippen LogP contribution is 2.65. The van der Waals surface area contributed by atoms with Crippen LogP contribution in [0.1, 0.15) is 59.3 Å².